The first kappa shape index (κ1) is 19.2. The second-order valence-corrected chi connectivity index (χ2v) is 6.96. The van der Waals surface area contributed by atoms with Crippen LogP contribution in [-0.2, 0) is 4.79 Å². The Morgan fingerprint density at radius 2 is 1.92 bits per heavy atom. The normalized spacial score (nSPS) is 16.4. The van der Waals surface area contributed by atoms with E-state index in [-0.39, 0.29) is 11.9 Å². The molecule has 0 bridgehead atoms. The van der Waals surface area contributed by atoms with Crippen molar-refractivity contribution in [3.63, 3.8) is 0 Å². The minimum Gasteiger partial charge on any atom is -0.360 e. The van der Waals surface area contributed by atoms with Crippen LogP contribution in [0.5, 0.6) is 0 Å². The van der Waals surface area contributed by atoms with Gasteiger partial charge < -0.3 is 15.1 Å². The van der Waals surface area contributed by atoms with Crippen LogP contribution in [0.25, 0.3) is 0 Å². The molecule has 1 atom stereocenters. The molecule has 1 fully saturated rings. The molecule has 1 saturated heterocycles. The molecular formula is C19H31N4O2+. The van der Waals surface area contributed by atoms with Crippen LogP contribution in [0.4, 0.5) is 10.5 Å². The van der Waals surface area contributed by atoms with Crippen LogP contribution in [0.3, 0.4) is 0 Å². The zero-order chi connectivity index (χ0) is 18.4. The third-order valence-corrected chi connectivity index (χ3v) is 5.04. The second-order valence-electron chi connectivity index (χ2n) is 6.96. The zero-order valence-corrected chi connectivity index (χ0v) is 15.8. The lowest BCUT2D eigenvalue weighted by Gasteiger charge is -2.34. The van der Waals surface area contributed by atoms with Crippen molar-refractivity contribution in [2.75, 3.05) is 37.6 Å². The minimum atomic E-state index is -0.396. The summed E-state index contributed by atoms with van der Waals surface area (Å²) in [5, 5.41) is 5.18. The van der Waals surface area contributed by atoms with E-state index in [9.17, 15) is 9.59 Å². The predicted molar refractivity (Wildman–Crippen MR) is 100 cm³/mol. The number of piperazine rings is 1. The van der Waals surface area contributed by atoms with Crippen molar-refractivity contribution in [2.45, 2.75) is 40.2 Å². The van der Waals surface area contributed by atoms with Gasteiger partial charge in [0.2, 0.25) is 0 Å². The highest BCUT2D eigenvalue weighted by molar-refractivity contribution is 5.94. The number of anilines is 1. The highest BCUT2D eigenvalue weighted by Gasteiger charge is 2.24. The number of hydrogen-bond donors (Lipinski definition) is 3. The number of urea groups is 1. The van der Waals surface area contributed by atoms with E-state index < -0.39 is 6.03 Å². The van der Waals surface area contributed by atoms with Gasteiger partial charge in [0.05, 0.1) is 26.2 Å². The van der Waals surface area contributed by atoms with Gasteiger partial charge in [-0.1, -0.05) is 19.1 Å². The number of carbonyl (C=O) groups excluding carboxylic acids is 2. The number of hydrogen-bond acceptors (Lipinski definition) is 3. The summed E-state index contributed by atoms with van der Waals surface area (Å²) in [5.74, 6) is -0.212. The number of carbonyl (C=O) groups is 2. The van der Waals surface area contributed by atoms with Gasteiger partial charge >= 0.3 is 6.03 Å². The number of rotatable bonds is 5. The van der Waals surface area contributed by atoms with E-state index in [4.69, 9.17) is 0 Å². The third kappa shape index (κ3) is 5.46. The second kappa shape index (κ2) is 8.85. The Morgan fingerprint density at radius 1 is 1.24 bits per heavy atom. The number of aryl methyl sites for hydroxylation is 1. The Hall–Kier alpha value is -2.08. The lowest BCUT2D eigenvalue weighted by molar-refractivity contribution is -0.892. The Kier molecular flexibility index (Phi) is 6.82. The summed E-state index contributed by atoms with van der Waals surface area (Å²) in [6.45, 7) is 12.2. The fourth-order valence-electron chi connectivity index (χ4n) is 3.08. The maximum absolute atomic E-state index is 12.0. The molecule has 1 aromatic rings. The van der Waals surface area contributed by atoms with Crippen LogP contribution in [-0.4, -0.2) is 50.7 Å². The van der Waals surface area contributed by atoms with Gasteiger partial charge in [0.1, 0.15) is 0 Å². The van der Waals surface area contributed by atoms with E-state index in [1.165, 1.54) is 21.7 Å². The molecule has 25 heavy (non-hydrogen) atoms. The molecule has 0 unspecified atom stereocenters. The van der Waals surface area contributed by atoms with Crippen molar-refractivity contribution in [3.8, 4) is 0 Å². The molecule has 1 aliphatic rings. The van der Waals surface area contributed by atoms with Crippen LogP contribution in [0.1, 0.15) is 31.4 Å². The fourth-order valence-corrected chi connectivity index (χ4v) is 3.08. The molecule has 0 aromatic heterocycles. The number of nitrogens with one attached hydrogen (secondary N) is 3. The highest BCUT2D eigenvalue weighted by atomic mass is 16.2. The van der Waals surface area contributed by atoms with Crippen LogP contribution in [0.15, 0.2) is 18.2 Å². The lowest BCUT2D eigenvalue weighted by Crippen LogP contribution is -3.16. The summed E-state index contributed by atoms with van der Waals surface area (Å²) >= 11 is 0. The van der Waals surface area contributed by atoms with E-state index in [2.05, 4.69) is 47.6 Å². The van der Waals surface area contributed by atoms with Crippen LogP contribution in [0, 0.1) is 13.8 Å². The van der Waals surface area contributed by atoms with Crippen molar-refractivity contribution in [1.29, 1.82) is 0 Å². The highest BCUT2D eigenvalue weighted by Crippen LogP contribution is 2.22. The summed E-state index contributed by atoms with van der Waals surface area (Å²) in [6.07, 6.45) is 0.840. The third-order valence-electron chi connectivity index (χ3n) is 5.04. The standard InChI is InChI=1S/C19H30N4O2/c1-5-15(3)20-19(25)21-18(24)13-22-9-11-23(12-10-22)17-8-6-7-14(2)16(17)4/h6-8,15H,5,9-13H2,1-4H3,(H2,20,21,24,25)/p+1/t15-/m0/s1. The molecule has 0 spiro atoms. The molecule has 0 radical (unpaired) electrons. The number of amides is 3. The summed E-state index contributed by atoms with van der Waals surface area (Å²) < 4.78 is 0. The molecule has 1 heterocycles. The molecule has 6 heteroatoms. The van der Waals surface area contributed by atoms with Crippen LogP contribution < -0.4 is 20.4 Å². The van der Waals surface area contributed by atoms with E-state index in [0.717, 1.165) is 32.6 Å². The van der Waals surface area contributed by atoms with Crippen LogP contribution in [0.2, 0.25) is 0 Å². The maximum Gasteiger partial charge on any atom is 0.321 e. The van der Waals surface area contributed by atoms with Gasteiger partial charge in [-0.3, -0.25) is 10.1 Å². The summed E-state index contributed by atoms with van der Waals surface area (Å²) in [4.78, 5) is 27.4. The molecule has 2 rings (SSSR count). The summed E-state index contributed by atoms with van der Waals surface area (Å²) in [7, 11) is 0. The Bertz CT molecular complexity index is 609. The fraction of sp³-hybridized carbons (Fsp3) is 0.579. The smallest absolute Gasteiger partial charge is 0.321 e. The van der Waals surface area contributed by atoms with E-state index in [0.29, 0.717) is 6.54 Å². The number of benzene rings is 1. The monoisotopic (exact) mass is 347 g/mol. The molecule has 6 nitrogen and oxygen atoms in total. The topological polar surface area (TPSA) is 65.9 Å². The molecular weight excluding hydrogens is 316 g/mol. The molecule has 3 amide bonds. The Labute approximate surface area is 150 Å². The first-order chi connectivity index (χ1) is 11.9. The zero-order valence-electron chi connectivity index (χ0n) is 15.8. The van der Waals surface area contributed by atoms with E-state index >= 15 is 0 Å². The number of quaternary nitrogens is 1. The summed E-state index contributed by atoms with van der Waals surface area (Å²) in [5.41, 5.74) is 3.92. The maximum atomic E-state index is 12.0. The van der Waals surface area contributed by atoms with Gasteiger partial charge in [-0.05, 0) is 44.4 Å². The first-order valence-corrected chi connectivity index (χ1v) is 9.15. The lowest BCUT2D eigenvalue weighted by atomic mass is 10.1. The Morgan fingerprint density at radius 3 is 2.56 bits per heavy atom. The van der Waals surface area contributed by atoms with Gasteiger partial charge in [-0.15, -0.1) is 0 Å². The molecule has 138 valence electrons. The summed E-state index contributed by atoms with van der Waals surface area (Å²) in [6, 6.07) is 6.07. The quantitative estimate of drug-likeness (QED) is 0.732. The van der Waals surface area contributed by atoms with Crippen molar-refractivity contribution in [2.24, 2.45) is 0 Å². The van der Waals surface area contributed by atoms with Crippen molar-refractivity contribution in [1.82, 2.24) is 10.6 Å². The van der Waals surface area contributed by atoms with E-state index in [1.807, 2.05) is 13.8 Å². The van der Waals surface area contributed by atoms with Gasteiger partial charge in [-0.25, -0.2) is 4.79 Å². The van der Waals surface area contributed by atoms with Crippen molar-refractivity contribution >= 4 is 17.6 Å². The molecule has 1 aliphatic heterocycles. The van der Waals surface area contributed by atoms with Crippen molar-refractivity contribution in [3.05, 3.63) is 29.3 Å². The minimum absolute atomic E-state index is 0.0706. The number of imide groups is 1. The largest absolute Gasteiger partial charge is 0.360 e. The number of nitrogens with zero attached hydrogens (tertiary/aromatic N) is 1. The van der Waals surface area contributed by atoms with Gasteiger partial charge in [0, 0.05) is 11.7 Å². The molecule has 3 N–H and O–H groups in total. The first-order valence-electron chi connectivity index (χ1n) is 9.15. The SMILES string of the molecule is CC[C@H](C)NC(=O)NC(=O)C[NH+]1CCN(c2cccc(C)c2C)CC1. The Balaban J connectivity index is 1.79. The van der Waals surface area contributed by atoms with Gasteiger partial charge in [-0.2, -0.15) is 0 Å². The molecule has 1 aromatic carbocycles. The average Bonchev–Trinajstić information content (AvgIpc) is 2.57. The average molecular weight is 347 g/mol. The van der Waals surface area contributed by atoms with E-state index in [1.54, 1.807) is 0 Å². The van der Waals surface area contributed by atoms with Gasteiger partial charge in [0.25, 0.3) is 5.91 Å². The van der Waals surface area contributed by atoms with Crippen LogP contribution >= 0.6 is 0 Å². The molecule has 0 aliphatic carbocycles. The molecule has 0 saturated carbocycles. The van der Waals surface area contributed by atoms with Gasteiger partial charge in [0.15, 0.2) is 6.54 Å². The van der Waals surface area contributed by atoms with Crippen molar-refractivity contribution < 1.29 is 14.5 Å². The predicted octanol–water partition coefficient (Wildman–Crippen LogP) is 0.633.